The van der Waals surface area contributed by atoms with Crippen molar-refractivity contribution in [2.75, 3.05) is 0 Å². The SMILES string of the molecule is C=C1C[C@@]23CC[C@@H]4C(C)(C)[C@@H](O)CC[C@@]4(C)[C@@H]2CC[C@@H]1C3. The van der Waals surface area contributed by atoms with Crippen molar-refractivity contribution in [3.8, 4) is 0 Å². The number of fused-ring (bicyclic) bond motifs is 3. The molecule has 4 aliphatic rings. The van der Waals surface area contributed by atoms with Gasteiger partial charge in [0.05, 0.1) is 6.10 Å². The van der Waals surface area contributed by atoms with Gasteiger partial charge in [-0.05, 0) is 85.4 Å². The van der Waals surface area contributed by atoms with Crippen LogP contribution in [0.25, 0.3) is 0 Å². The molecular weight excluding hydrogens is 256 g/mol. The van der Waals surface area contributed by atoms with Crippen LogP contribution in [-0.4, -0.2) is 11.2 Å². The van der Waals surface area contributed by atoms with E-state index in [1.807, 2.05) is 0 Å². The van der Waals surface area contributed by atoms with Crippen LogP contribution in [0.3, 0.4) is 0 Å². The van der Waals surface area contributed by atoms with Gasteiger partial charge in [0.1, 0.15) is 0 Å². The second kappa shape index (κ2) is 4.16. The molecule has 1 spiro atoms. The summed E-state index contributed by atoms with van der Waals surface area (Å²) in [5.41, 5.74) is 2.70. The topological polar surface area (TPSA) is 20.2 Å². The molecule has 21 heavy (non-hydrogen) atoms. The minimum atomic E-state index is -0.0977. The fourth-order valence-corrected chi connectivity index (χ4v) is 7.57. The molecule has 0 aromatic rings. The van der Waals surface area contributed by atoms with E-state index in [4.69, 9.17) is 0 Å². The van der Waals surface area contributed by atoms with Crippen LogP contribution in [0.5, 0.6) is 0 Å². The molecule has 0 amide bonds. The smallest absolute Gasteiger partial charge is 0.0594 e. The zero-order valence-corrected chi connectivity index (χ0v) is 14.1. The first-order chi connectivity index (χ1) is 9.80. The van der Waals surface area contributed by atoms with Gasteiger partial charge in [-0.3, -0.25) is 0 Å². The highest BCUT2D eigenvalue weighted by Crippen LogP contribution is 2.72. The number of hydrogen-bond donors (Lipinski definition) is 1. The summed E-state index contributed by atoms with van der Waals surface area (Å²) >= 11 is 0. The molecule has 1 nitrogen and oxygen atoms in total. The van der Waals surface area contributed by atoms with Crippen LogP contribution < -0.4 is 0 Å². The Labute approximate surface area is 130 Å². The van der Waals surface area contributed by atoms with Crippen molar-refractivity contribution in [1.29, 1.82) is 0 Å². The normalized spacial score (nSPS) is 55.0. The van der Waals surface area contributed by atoms with Crippen LogP contribution in [0.15, 0.2) is 12.2 Å². The van der Waals surface area contributed by atoms with Gasteiger partial charge < -0.3 is 5.11 Å². The van der Waals surface area contributed by atoms with Gasteiger partial charge in [-0.15, -0.1) is 0 Å². The zero-order chi connectivity index (χ0) is 15.0. The van der Waals surface area contributed by atoms with Gasteiger partial charge in [-0.2, -0.15) is 0 Å². The van der Waals surface area contributed by atoms with Crippen LogP contribution in [0.1, 0.15) is 72.1 Å². The van der Waals surface area contributed by atoms with Crippen molar-refractivity contribution in [2.45, 2.75) is 78.2 Å². The highest BCUT2D eigenvalue weighted by atomic mass is 16.3. The van der Waals surface area contributed by atoms with Gasteiger partial charge in [-0.25, -0.2) is 0 Å². The van der Waals surface area contributed by atoms with Crippen molar-refractivity contribution < 1.29 is 5.11 Å². The van der Waals surface area contributed by atoms with Crippen molar-refractivity contribution in [3.63, 3.8) is 0 Å². The minimum absolute atomic E-state index is 0.0977. The van der Waals surface area contributed by atoms with Gasteiger partial charge in [0.2, 0.25) is 0 Å². The Bertz CT molecular complexity index is 478. The maximum absolute atomic E-state index is 10.5. The average molecular weight is 288 g/mol. The lowest BCUT2D eigenvalue weighted by Crippen LogP contribution is -2.59. The lowest BCUT2D eigenvalue weighted by molar-refractivity contribution is -0.180. The first kappa shape index (κ1) is 14.3. The fraction of sp³-hybridized carbons (Fsp3) is 0.900. The summed E-state index contributed by atoms with van der Waals surface area (Å²) < 4.78 is 0. The van der Waals surface area contributed by atoms with Gasteiger partial charge in [0.25, 0.3) is 0 Å². The van der Waals surface area contributed by atoms with Crippen LogP contribution in [-0.2, 0) is 0 Å². The molecule has 0 saturated heterocycles. The summed E-state index contributed by atoms with van der Waals surface area (Å²) in [4.78, 5) is 0. The Morgan fingerprint density at radius 3 is 2.52 bits per heavy atom. The summed E-state index contributed by atoms with van der Waals surface area (Å²) in [6, 6.07) is 0. The predicted octanol–water partition coefficient (Wildman–Crippen LogP) is 4.95. The molecule has 0 aromatic carbocycles. The van der Waals surface area contributed by atoms with Crippen molar-refractivity contribution in [1.82, 2.24) is 0 Å². The molecule has 118 valence electrons. The molecule has 6 atom stereocenters. The third-order valence-electron chi connectivity index (χ3n) is 8.59. The maximum Gasteiger partial charge on any atom is 0.0594 e. The van der Waals surface area contributed by atoms with Crippen molar-refractivity contribution in [3.05, 3.63) is 12.2 Å². The molecule has 4 aliphatic carbocycles. The molecule has 4 fully saturated rings. The van der Waals surface area contributed by atoms with E-state index < -0.39 is 0 Å². The molecule has 2 bridgehead atoms. The van der Waals surface area contributed by atoms with E-state index >= 15 is 0 Å². The van der Waals surface area contributed by atoms with Gasteiger partial charge in [0, 0.05) is 0 Å². The monoisotopic (exact) mass is 288 g/mol. The summed E-state index contributed by atoms with van der Waals surface area (Å²) in [5.74, 6) is 2.42. The zero-order valence-electron chi connectivity index (χ0n) is 14.1. The number of aliphatic hydroxyl groups is 1. The molecule has 1 N–H and O–H groups in total. The van der Waals surface area contributed by atoms with Gasteiger partial charge in [0.15, 0.2) is 0 Å². The Hall–Kier alpha value is -0.300. The first-order valence-electron chi connectivity index (χ1n) is 9.15. The third-order valence-corrected chi connectivity index (χ3v) is 8.59. The van der Waals surface area contributed by atoms with Crippen LogP contribution in [0.2, 0.25) is 0 Å². The molecule has 0 aliphatic heterocycles. The summed E-state index contributed by atoms with van der Waals surface area (Å²) in [6.07, 6.45) is 10.4. The first-order valence-corrected chi connectivity index (χ1v) is 9.15. The number of allylic oxidation sites excluding steroid dienone is 1. The van der Waals surface area contributed by atoms with E-state index in [1.165, 1.54) is 44.9 Å². The van der Waals surface area contributed by atoms with E-state index in [2.05, 4.69) is 27.4 Å². The number of aliphatic hydroxyl groups excluding tert-OH is 1. The van der Waals surface area contributed by atoms with E-state index in [1.54, 1.807) is 5.57 Å². The standard InChI is InChI=1S/C20H32O/c1-13-11-20-10-7-15-18(2,3)17(21)8-9-19(15,4)16(20)6-5-14(13)12-20/h14-17,21H,1,5-12H2,2-4H3/t14-,15-,16+,17+,19-,20-/m1/s1. The summed E-state index contributed by atoms with van der Waals surface area (Å²) in [5, 5.41) is 10.5. The van der Waals surface area contributed by atoms with Crippen LogP contribution >= 0.6 is 0 Å². The second-order valence-corrected chi connectivity index (χ2v) is 9.70. The molecule has 0 radical (unpaired) electrons. The maximum atomic E-state index is 10.5. The Morgan fingerprint density at radius 1 is 1.00 bits per heavy atom. The summed E-state index contributed by atoms with van der Waals surface area (Å²) in [6.45, 7) is 11.7. The van der Waals surface area contributed by atoms with Crippen molar-refractivity contribution in [2.24, 2.45) is 34.0 Å². The van der Waals surface area contributed by atoms with Gasteiger partial charge >= 0.3 is 0 Å². The number of hydrogen-bond acceptors (Lipinski definition) is 1. The van der Waals surface area contributed by atoms with Gasteiger partial charge in [-0.1, -0.05) is 32.9 Å². The molecule has 0 heterocycles. The predicted molar refractivity (Wildman–Crippen MR) is 86.9 cm³/mol. The molecule has 0 aromatic heterocycles. The third kappa shape index (κ3) is 1.68. The largest absolute Gasteiger partial charge is 0.393 e. The Morgan fingerprint density at radius 2 is 1.76 bits per heavy atom. The van der Waals surface area contributed by atoms with E-state index in [9.17, 15) is 5.11 Å². The number of rotatable bonds is 0. The van der Waals surface area contributed by atoms with E-state index in [0.29, 0.717) is 16.7 Å². The minimum Gasteiger partial charge on any atom is -0.393 e. The van der Waals surface area contributed by atoms with Crippen LogP contribution in [0.4, 0.5) is 0 Å². The van der Waals surface area contributed by atoms with Crippen LogP contribution in [0, 0.1) is 34.0 Å². The molecule has 4 rings (SSSR count). The lowest BCUT2D eigenvalue weighted by atomic mass is 9.41. The Kier molecular flexibility index (Phi) is 2.83. The highest BCUT2D eigenvalue weighted by Gasteiger charge is 2.64. The Balaban J connectivity index is 1.74. The van der Waals surface area contributed by atoms with E-state index in [0.717, 1.165) is 18.3 Å². The quantitative estimate of drug-likeness (QED) is 0.626. The average Bonchev–Trinajstić information content (AvgIpc) is 2.65. The molecular formula is C20H32O. The summed E-state index contributed by atoms with van der Waals surface area (Å²) in [7, 11) is 0. The second-order valence-electron chi connectivity index (χ2n) is 9.70. The highest BCUT2D eigenvalue weighted by molar-refractivity contribution is 5.22. The molecule has 0 unspecified atom stereocenters. The van der Waals surface area contributed by atoms with Crippen molar-refractivity contribution >= 4 is 0 Å². The lowest BCUT2D eigenvalue weighted by Gasteiger charge is -2.64. The van der Waals surface area contributed by atoms with E-state index in [-0.39, 0.29) is 11.5 Å². The molecule has 1 heteroatoms. The fourth-order valence-electron chi connectivity index (χ4n) is 7.57. The molecule has 4 saturated carbocycles.